The van der Waals surface area contributed by atoms with Gasteiger partial charge < -0.3 is 10.1 Å². The van der Waals surface area contributed by atoms with E-state index in [0.29, 0.717) is 29.8 Å². The number of ether oxygens (including phenoxy) is 1. The number of hydrogen-bond acceptors (Lipinski definition) is 5. The second kappa shape index (κ2) is 8.95. The second-order valence-corrected chi connectivity index (χ2v) is 11.7. The lowest BCUT2D eigenvalue weighted by molar-refractivity contribution is -0.118. The van der Waals surface area contributed by atoms with Crippen LogP contribution in [-0.4, -0.2) is 43.2 Å². The van der Waals surface area contributed by atoms with Crippen LogP contribution >= 0.6 is 0 Å². The minimum Gasteiger partial charge on any atom is -0.379 e. The van der Waals surface area contributed by atoms with Gasteiger partial charge in [-0.2, -0.15) is 0 Å². The van der Waals surface area contributed by atoms with Gasteiger partial charge in [-0.3, -0.25) is 15.1 Å². The van der Waals surface area contributed by atoms with Crippen molar-refractivity contribution in [3.8, 4) is 0 Å². The van der Waals surface area contributed by atoms with E-state index in [-0.39, 0.29) is 11.3 Å². The van der Waals surface area contributed by atoms with Gasteiger partial charge in [-0.15, -0.1) is 0 Å². The van der Waals surface area contributed by atoms with E-state index in [4.69, 9.17) is 4.74 Å². The lowest BCUT2D eigenvalue weighted by Crippen LogP contribution is -2.37. The highest BCUT2D eigenvalue weighted by atomic mass is 16.5. The van der Waals surface area contributed by atoms with Gasteiger partial charge in [0.1, 0.15) is 0 Å². The fraction of sp³-hybridized carbons (Fsp3) is 0.567. The second-order valence-electron chi connectivity index (χ2n) is 11.7. The van der Waals surface area contributed by atoms with Crippen LogP contribution in [0.4, 0.5) is 5.69 Å². The molecule has 2 saturated heterocycles. The first-order valence-corrected chi connectivity index (χ1v) is 14.0. The maximum Gasteiger partial charge on any atom is 0.235 e. The molecule has 6 nitrogen and oxygen atoms in total. The van der Waals surface area contributed by atoms with Crippen molar-refractivity contribution in [2.24, 2.45) is 17.8 Å². The van der Waals surface area contributed by atoms with Gasteiger partial charge in [0.2, 0.25) is 5.91 Å². The van der Waals surface area contributed by atoms with E-state index in [0.717, 1.165) is 57.8 Å². The van der Waals surface area contributed by atoms with Gasteiger partial charge >= 0.3 is 0 Å². The number of hydrazine groups is 1. The predicted molar refractivity (Wildman–Crippen MR) is 140 cm³/mol. The molecule has 1 amide bonds. The molecule has 2 saturated carbocycles. The zero-order valence-electron chi connectivity index (χ0n) is 21.3. The van der Waals surface area contributed by atoms with Crippen LogP contribution in [0.25, 0.3) is 0 Å². The Morgan fingerprint density at radius 3 is 2.81 bits per heavy atom. The van der Waals surface area contributed by atoms with Gasteiger partial charge in [-0.1, -0.05) is 43.3 Å². The Balaban J connectivity index is 1.04. The molecule has 7 rings (SSSR count). The van der Waals surface area contributed by atoms with Crippen LogP contribution in [0.5, 0.6) is 0 Å². The summed E-state index contributed by atoms with van der Waals surface area (Å²) in [7, 11) is 0. The number of amides is 1. The number of anilines is 1. The molecule has 0 radical (unpaired) electrons. The normalized spacial score (nSPS) is 35.5. The summed E-state index contributed by atoms with van der Waals surface area (Å²) < 4.78 is 5.51. The summed E-state index contributed by atoms with van der Waals surface area (Å²) in [4.78, 5) is 15.6. The highest BCUT2D eigenvalue weighted by molar-refractivity contribution is 6.09. The molecule has 2 aromatic rings. The molecule has 4 fully saturated rings. The first-order valence-electron chi connectivity index (χ1n) is 14.0. The maximum atomic E-state index is 13.2. The van der Waals surface area contributed by atoms with Gasteiger partial charge in [0.25, 0.3) is 0 Å². The Morgan fingerprint density at radius 2 is 1.94 bits per heavy atom. The number of aryl methyl sites for hydroxylation is 1. The lowest BCUT2D eigenvalue weighted by Gasteiger charge is -2.34. The van der Waals surface area contributed by atoms with E-state index >= 15 is 0 Å². The minimum absolute atomic E-state index is 0.241. The summed E-state index contributed by atoms with van der Waals surface area (Å²) in [6, 6.07) is 16.6. The number of rotatable bonds is 5. The molecule has 3 heterocycles. The van der Waals surface area contributed by atoms with E-state index < -0.39 is 0 Å². The van der Waals surface area contributed by atoms with Gasteiger partial charge in [0, 0.05) is 31.4 Å². The van der Waals surface area contributed by atoms with E-state index in [1.807, 2.05) is 0 Å². The number of morpholine rings is 1. The topological polar surface area (TPSA) is 65.6 Å². The molecule has 5 aliphatic rings. The van der Waals surface area contributed by atoms with Crippen molar-refractivity contribution in [1.82, 2.24) is 15.8 Å². The molecular weight excluding hydrogens is 448 g/mol. The molecular formula is C30H38N4O2. The number of benzene rings is 2. The summed E-state index contributed by atoms with van der Waals surface area (Å²) in [6.45, 7) is 6.91. The van der Waals surface area contributed by atoms with E-state index in [2.05, 4.69) is 70.5 Å². The third kappa shape index (κ3) is 3.73. The van der Waals surface area contributed by atoms with Crippen LogP contribution in [0.2, 0.25) is 0 Å². The van der Waals surface area contributed by atoms with Crippen molar-refractivity contribution in [3.63, 3.8) is 0 Å². The van der Waals surface area contributed by atoms with E-state index in [9.17, 15) is 4.79 Å². The van der Waals surface area contributed by atoms with Crippen molar-refractivity contribution in [2.45, 2.75) is 63.1 Å². The number of nitrogens with one attached hydrogen (secondary N) is 3. The van der Waals surface area contributed by atoms with Crippen molar-refractivity contribution >= 4 is 11.6 Å². The lowest BCUT2D eigenvalue weighted by atomic mass is 9.72. The average Bonchev–Trinajstić information content (AvgIpc) is 3.43. The predicted octanol–water partition coefficient (Wildman–Crippen LogP) is 3.93. The third-order valence-corrected chi connectivity index (χ3v) is 9.83. The van der Waals surface area contributed by atoms with E-state index in [1.54, 1.807) is 0 Å². The first-order chi connectivity index (χ1) is 17.7. The van der Waals surface area contributed by atoms with Crippen molar-refractivity contribution in [2.75, 3.05) is 31.6 Å². The van der Waals surface area contributed by atoms with Crippen molar-refractivity contribution in [1.29, 1.82) is 0 Å². The number of carbonyl (C=O) groups is 1. The van der Waals surface area contributed by atoms with E-state index in [1.165, 1.54) is 35.1 Å². The van der Waals surface area contributed by atoms with Crippen LogP contribution in [0.3, 0.4) is 0 Å². The Morgan fingerprint density at radius 1 is 1.06 bits per heavy atom. The van der Waals surface area contributed by atoms with Crippen molar-refractivity contribution in [3.05, 3.63) is 64.7 Å². The third-order valence-electron chi connectivity index (χ3n) is 9.83. The quantitative estimate of drug-likeness (QED) is 0.598. The molecule has 3 aliphatic heterocycles. The number of nitrogens with zero attached hydrogens (tertiary/aromatic N) is 1. The molecule has 36 heavy (non-hydrogen) atoms. The smallest absolute Gasteiger partial charge is 0.235 e. The first kappa shape index (κ1) is 22.9. The molecule has 1 spiro atoms. The molecule has 4 unspecified atom stereocenters. The Bertz CT molecular complexity index is 1160. The maximum absolute atomic E-state index is 13.2. The monoisotopic (exact) mass is 486 g/mol. The number of fused-ring (bicyclic) bond motifs is 3. The van der Waals surface area contributed by atoms with Gasteiger partial charge in [0.05, 0.1) is 24.7 Å². The van der Waals surface area contributed by atoms with Crippen LogP contribution in [0.1, 0.15) is 60.9 Å². The SMILES string of the molecule is CCc1ccc2c(c1)[C@]1(C[C@H]1C1CCC3C(C1)NNC3c1cccc(CN3CCOCC3)c1)C(=O)N2. The summed E-state index contributed by atoms with van der Waals surface area (Å²) in [5.74, 6) is 1.93. The summed E-state index contributed by atoms with van der Waals surface area (Å²) in [5.41, 5.74) is 13.5. The molecule has 3 N–H and O–H groups in total. The highest BCUT2D eigenvalue weighted by Gasteiger charge is 2.67. The molecule has 0 bridgehead atoms. The summed E-state index contributed by atoms with van der Waals surface area (Å²) >= 11 is 0. The number of hydrogen-bond donors (Lipinski definition) is 3. The van der Waals surface area contributed by atoms with Gasteiger partial charge in [-0.05, 0) is 78.2 Å². The van der Waals surface area contributed by atoms with Gasteiger partial charge in [0.15, 0.2) is 0 Å². The Hall–Kier alpha value is -2.25. The zero-order chi connectivity index (χ0) is 24.3. The fourth-order valence-corrected chi connectivity index (χ4v) is 7.77. The minimum atomic E-state index is -0.267. The van der Waals surface area contributed by atoms with Crippen LogP contribution in [0, 0.1) is 17.8 Å². The Labute approximate surface area is 214 Å². The van der Waals surface area contributed by atoms with Crippen LogP contribution < -0.4 is 16.2 Å². The number of carbonyl (C=O) groups excluding carboxylic acids is 1. The summed E-state index contributed by atoms with van der Waals surface area (Å²) in [6.07, 6.45) is 5.62. The van der Waals surface area contributed by atoms with Crippen LogP contribution in [-0.2, 0) is 27.9 Å². The highest BCUT2D eigenvalue weighted by Crippen LogP contribution is 2.65. The van der Waals surface area contributed by atoms with Crippen molar-refractivity contribution < 1.29 is 9.53 Å². The molecule has 6 heteroatoms. The summed E-state index contributed by atoms with van der Waals surface area (Å²) in [5, 5.41) is 3.20. The van der Waals surface area contributed by atoms with Crippen LogP contribution in [0.15, 0.2) is 42.5 Å². The Kier molecular flexibility index (Phi) is 5.69. The largest absolute Gasteiger partial charge is 0.379 e. The molecule has 2 aliphatic carbocycles. The fourth-order valence-electron chi connectivity index (χ4n) is 7.77. The standard InChI is InChI=1S/C30H38N4O2/c1-2-19-6-9-26-24(15-19)30(29(35)31-26)17-25(30)21-7-8-23-27(16-21)32-33-28(23)22-5-3-4-20(14-22)18-34-10-12-36-13-11-34/h3-6,9,14-15,21,23,25,27-28,32-33H,2,7-8,10-13,16-18H2,1H3,(H,31,35)/t21?,23?,25-,27?,28?,30-/m0/s1. The molecule has 0 aromatic heterocycles. The molecule has 6 atom stereocenters. The molecule has 190 valence electrons. The molecule has 2 aromatic carbocycles. The zero-order valence-corrected chi connectivity index (χ0v) is 21.3. The average molecular weight is 487 g/mol. The van der Waals surface area contributed by atoms with Gasteiger partial charge in [-0.25, -0.2) is 5.43 Å².